The average Bonchev–Trinajstić information content (AvgIpc) is 2.99. The van der Waals surface area contributed by atoms with Crippen molar-refractivity contribution in [1.29, 1.82) is 0 Å². The summed E-state index contributed by atoms with van der Waals surface area (Å²) in [7, 11) is 0. The lowest BCUT2D eigenvalue weighted by Gasteiger charge is -2.21. The summed E-state index contributed by atoms with van der Waals surface area (Å²) in [6, 6.07) is 4.59. The fourth-order valence-corrected chi connectivity index (χ4v) is 3.20. The van der Waals surface area contributed by atoms with Crippen molar-refractivity contribution in [3.05, 3.63) is 34.2 Å². The number of unbranched alkanes of at least 4 members (excludes halogenated alkanes) is 2. The van der Waals surface area contributed by atoms with Gasteiger partial charge in [0, 0.05) is 25.2 Å². The van der Waals surface area contributed by atoms with Crippen molar-refractivity contribution in [3.8, 4) is 11.8 Å². The normalized spacial score (nSPS) is 16.7. The average molecular weight is 385 g/mol. The lowest BCUT2D eigenvalue weighted by molar-refractivity contribution is -0.135. The van der Waals surface area contributed by atoms with Gasteiger partial charge < -0.3 is 14.8 Å². The SMILES string of the molecule is O=C1CCC(n2c(=O)[nH]c3cc(C#CCOCCCCCO)ccc32)C(=O)N1. The number of amides is 2. The summed E-state index contributed by atoms with van der Waals surface area (Å²) in [4.78, 5) is 38.5. The number of benzene rings is 1. The quantitative estimate of drug-likeness (QED) is 0.371. The van der Waals surface area contributed by atoms with Gasteiger partial charge in [-0.1, -0.05) is 11.8 Å². The van der Waals surface area contributed by atoms with Crippen LogP contribution in [0, 0.1) is 11.8 Å². The van der Waals surface area contributed by atoms with E-state index in [0.717, 1.165) is 24.8 Å². The number of ether oxygens (including phenoxy) is 1. The Morgan fingerprint density at radius 3 is 2.86 bits per heavy atom. The van der Waals surface area contributed by atoms with Crippen LogP contribution in [0.5, 0.6) is 0 Å². The largest absolute Gasteiger partial charge is 0.396 e. The molecule has 1 atom stereocenters. The molecule has 8 heteroatoms. The van der Waals surface area contributed by atoms with Crippen LogP contribution in [-0.4, -0.2) is 46.3 Å². The number of carbonyl (C=O) groups excluding carboxylic acids is 2. The van der Waals surface area contributed by atoms with E-state index in [1.165, 1.54) is 4.57 Å². The molecular weight excluding hydrogens is 362 g/mol. The standard InChI is InChI=1S/C20H23N3O5/c24-10-2-1-3-11-28-12-4-5-14-6-7-16-15(13-14)21-20(27)23(16)17-8-9-18(25)22-19(17)26/h6-7,13,17,24H,1-3,8-12H2,(H,21,27)(H,22,25,26). The third-order valence-corrected chi connectivity index (χ3v) is 4.59. The fourth-order valence-electron chi connectivity index (χ4n) is 3.20. The molecule has 1 unspecified atom stereocenters. The van der Waals surface area contributed by atoms with E-state index in [4.69, 9.17) is 9.84 Å². The Balaban J connectivity index is 1.67. The first-order valence-electron chi connectivity index (χ1n) is 9.35. The van der Waals surface area contributed by atoms with Crippen LogP contribution in [0.1, 0.15) is 43.7 Å². The van der Waals surface area contributed by atoms with Crippen molar-refractivity contribution in [2.24, 2.45) is 0 Å². The number of rotatable bonds is 7. The summed E-state index contributed by atoms with van der Waals surface area (Å²) in [5, 5.41) is 11.0. The molecule has 0 saturated carbocycles. The van der Waals surface area contributed by atoms with Gasteiger partial charge in [0.05, 0.1) is 11.0 Å². The van der Waals surface area contributed by atoms with E-state index in [-0.39, 0.29) is 24.6 Å². The number of aliphatic hydroxyl groups is 1. The Kier molecular flexibility index (Phi) is 6.63. The number of hydrogen-bond donors (Lipinski definition) is 3. The minimum atomic E-state index is -0.699. The number of aromatic amines is 1. The van der Waals surface area contributed by atoms with Gasteiger partial charge in [-0.05, 0) is 43.9 Å². The molecule has 28 heavy (non-hydrogen) atoms. The second-order valence-electron chi connectivity index (χ2n) is 6.64. The molecule has 3 N–H and O–H groups in total. The van der Waals surface area contributed by atoms with Gasteiger partial charge in [-0.2, -0.15) is 0 Å². The minimum absolute atomic E-state index is 0.204. The Morgan fingerprint density at radius 1 is 1.21 bits per heavy atom. The molecule has 0 radical (unpaired) electrons. The van der Waals surface area contributed by atoms with Crippen molar-refractivity contribution >= 4 is 22.8 Å². The van der Waals surface area contributed by atoms with Crippen LogP contribution in [0.2, 0.25) is 0 Å². The molecule has 8 nitrogen and oxygen atoms in total. The molecule has 0 spiro atoms. The molecule has 1 saturated heterocycles. The highest BCUT2D eigenvalue weighted by molar-refractivity contribution is 6.00. The smallest absolute Gasteiger partial charge is 0.327 e. The molecule has 3 rings (SSSR count). The van der Waals surface area contributed by atoms with E-state index in [1.54, 1.807) is 18.2 Å². The van der Waals surface area contributed by atoms with E-state index in [2.05, 4.69) is 22.1 Å². The van der Waals surface area contributed by atoms with Gasteiger partial charge in [0.25, 0.3) is 0 Å². The number of nitrogens with one attached hydrogen (secondary N) is 2. The molecule has 0 aliphatic carbocycles. The molecule has 1 aromatic carbocycles. The molecule has 1 aromatic heterocycles. The van der Waals surface area contributed by atoms with Crippen LogP contribution in [0.4, 0.5) is 0 Å². The van der Waals surface area contributed by atoms with Gasteiger partial charge in [-0.15, -0.1) is 0 Å². The van der Waals surface area contributed by atoms with Crippen LogP contribution in [0.15, 0.2) is 23.0 Å². The number of hydrogen-bond acceptors (Lipinski definition) is 5. The maximum Gasteiger partial charge on any atom is 0.327 e. The Hall–Kier alpha value is -2.89. The minimum Gasteiger partial charge on any atom is -0.396 e. The number of imide groups is 1. The zero-order valence-electron chi connectivity index (χ0n) is 15.5. The van der Waals surface area contributed by atoms with Crippen molar-refractivity contribution in [3.63, 3.8) is 0 Å². The van der Waals surface area contributed by atoms with E-state index in [9.17, 15) is 14.4 Å². The molecule has 1 aliphatic heterocycles. The first-order valence-corrected chi connectivity index (χ1v) is 9.35. The molecular formula is C20H23N3O5. The number of nitrogens with zero attached hydrogens (tertiary/aromatic N) is 1. The van der Waals surface area contributed by atoms with Crippen molar-refractivity contribution in [2.75, 3.05) is 19.8 Å². The highest BCUT2D eigenvalue weighted by atomic mass is 16.5. The Labute approximate surface area is 161 Å². The van der Waals surface area contributed by atoms with E-state index >= 15 is 0 Å². The summed E-state index contributed by atoms with van der Waals surface area (Å²) in [6.45, 7) is 1.12. The van der Waals surface area contributed by atoms with Gasteiger partial charge in [0.15, 0.2) is 0 Å². The molecule has 2 aromatic rings. The second kappa shape index (κ2) is 9.35. The monoisotopic (exact) mass is 385 g/mol. The molecule has 148 valence electrons. The molecule has 1 aliphatic rings. The van der Waals surface area contributed by atoms with Crippen molar-refractivity contribution in [2.45, 2.75) is 38.1 Å². The third kappa shape index (κ3) is 4.68. The summed E-state index contributed by atoms with van der Waals surface area (Å²) >= 11 is 0. The second-order valence-corrected chi connectivity index (χ2v) is 6.64. The molecule has 1 fully saturated rings. The van der Waals surface area contributed by atoms with Gasteiger partial charge in [-0.25, -0.2) is 4.79 Å². The molecule has 2 heterocycles. The number of imidazole rings is 1. The first kappa shape index (κ1) is 19.9. The van der Waals surface area contributed by atoms with E-state index < -0.39 is 11.9 Å². The highest BCUT2D eigenvalue weighted by Gasteiger charge is 2.30. The lowest BCUT2D eigenvalue weighted by Crippen LogP contribution is -2.43. The predicted molar refractivity (Wildman–Crippen MR) is 103 cm³/mol. The summed E-state index contributed by atoms with van der Waals surface area (Å²) in [5.41, 5.74) is 1.53. The Morgan fingerprint density at radius 2 is 2.07 bits per heavy atom. The Bertz CT molecular complexity index is 979. The van der Waals surface area contributed by atoms with E-state index in [1.807, 2.05) is 0 Å². The first-order chi connectivity index (χ1) is 13.6. The highest BCUT2D eigenvalue weighted by Crippen LogP contribution is 2.22. The van der Waals surface area contributed by atoms with Crippen LogP contribution < -0.4 is 11.0 Å². The number of aliphatic hydroxyl groups excluding tert-OH is 1. The number of aromatic nitrogens is 2. The van der Waals surface area contributed by atoms with Crippen molar-refractivity contribution < 1.29 is 19.4 Å². The van der Waals surface area contributed by atoms with Crippen molar-refractivity contribution in [1.82, 2.24) is 14.9 Å². The third-order valence-electron chi connectivity index (χ3n) is 4.59. The number of H-pyrrole nitrogens is 1. The van der Waals surface area contributed by atoms with Gasteiger partial charge in [0.1, 0.15) is 12.6 Å². The summed E-state index contributed by atoms with van der Waals surface area (Å²) in [6.07, 6.45) is 3.11. The van der Waals surface area contributed by atoms with Crippen LogP contribution in [0.3, 0.4) is 0 Å². The zero-order chi connectivity index (χ0) is 19.9. The zero-order valence-corrected chi connectivity index (χ0v) is 15.5. The number of fused-ring (bicyclic) bond motifs is 1. The summed E-state index contributed by atoms with van der Waals surface area (Å²) < 4.78 is 6.82. The van der Waals surface area contributed by atoms with Crippen LogP contribution in [-0.2, 0) is 14.3 Å². The van der Waals surface area contributed by atoms with Gasteiger partial charge >= 0.3 is 5.69 Å². The van der Waals surface area contributed by atoms with E-state index in [0.29, 0.717) is 30.7 Å². The van der Waals surface area contributed by atoms with Gasteiger partial charge in [-0.3, -0.25) is 19.5 Å². The topological polar surface area (TPSA) is 113 Å². The van der Waals surface area contributed by atoms with Gasteiger partial charge in [0.2, 0.25) is 11.8 Å². The fraction of sp³-hybridized carbons (Fsp3) is 0.450. The molecule has 2 amide bonds. The van der Waals surface area contributed by atoms with Crippen LogP contribution >= 0.6 is 0 Å². The number of carbonyl (C=O) groups is 2. The lowest BCUT2D eigenvalue weighted by atomic mass is 10.1. The summed E-state index contributed by atoms with van der Waals surface area (Å²) in [5.74, 6) is 5.15. The maximum atomic E-state index is 12.4. The predicted octanol–water partition coefficient (Wildman–Crippen LogP) is 0.838. The van der Waals surface area contributed by atoms with Crippen LogP contribution in [0.25, 0.3) is 11.0 Å². The number of piperidine rings is 1. The molecule has 0 bridgehead atoms. The maximum absolute atomic E-state index is 12.4.